The summed E-state index contributed by atoms with van der Waals surface area (Å²) >= 11 is 0. The smallest absolute Gasteiger partial charge is 0.241 e. The van der Waals surface area contributed by atoms with Crippen LogP contribution in [0.5, 0.6) is 0 Å². The van der Waals surface area contributed by atoms with E-state index < -0.39 is 6.04 Å². The van der Waals surface area contributed by atoms with Crippen LogP contribution in [0.2, 0.25) is 0 Å². The number of carbonyl (C=O) groups excluding carboxylic acids is 1. The molecule has 1 rings (SSSR count). The molecule has 0 aromatic heterocycles. The first-order valence-electron chi connectivity index (χ1n) is 5.76. The maximum Gasteiger partial charge on any atom is 0.241 e. The molecule has 0 radical (unpaired) electrons. The number of benzene rings is 1. The molecule has 0 bridgehead atoms. The SMILES string of the molecule is CCCC(C)NC(=O)C(N)c1ccccc1. The number of amides is 1. The maximum atomic E-state index is 11.8. The number of carbonyl (C=O) groups is 1. The van der Waals surface area contributed by atoms with Gasteiger partial charge in [0.05, 0.1) is 0 Å². The summed E-state index contributed by atoms with van der Waals surface area (Å²) in [7, 11) is 0. The van der Waals surface area contributed by atoms with Crippen LogP contribution in [0.1, 0.15) is 38.3 Å². The Hall–Kier alpha value is -1.35. The molecular weight excluding hydrogens is 200 g/mol. The minimum absolute atomic E-state index is 0.104. The molecule has 0 aliphatic heterocycles. The van der Waals surface area contributed by atoms with E-state index in [1.807, 2.05) is 37.3 Å². The molecule has 3 heteroatoms. The molecule has 0 fully saturated rings. The Balaban J connectivity index is 2.55. The Bertz CT molecular complexity index is 324. The lowest BCUT2D eigenvalue weighted by Crippen LogP contribution is -2.39. The van der Waals surface area contributed by atoms with Crippen LogP contribution in [-0.4, -0.2) is 11.9 Å². The van der Waals surface area contributed by atoms with Crippen LogP contribution < -0.4 is 11.1 Å². The molecule has 0 aliphatic rings. The lowest BCUT2D eigenvalue weighted by molar-refractivity contribution is -0.123. The van der Waals surface area contributed by atoms with E-state index in [1.165, 1.54) is 0 Å². The Morgan fingerprint density at radius 3 is 2.56 bits per heavy atom. The van der Waals surface area contributed by atoms with Crippen molar-refractivity contribution in [1.82, 2.24) is 5.32 Å². The van der Waals surface area contributed by atoms with Crippen molar-refractivity contribution >= 4 is 5.91 Å². The molecule has 1 aromatic carbocycles. The van der Waals surface area contributed by atoms with E-state index in [2.05, 4.69) is 12.2 Å². The molecule has 1 amide bonds. The summed E-state index contributed by atoms with van der Waals surface area (Å²) in [6, 6.07) is 9.04. The summed E-state index contributed by atoms with van der Waals surface area (Å²) in [4.78, 5) is 11.8. The third kappa shape index (κ3) is 3.66. The Morgan fingerprint density at radius 2 is 2.00 bits per heavy atom. The first-order chi connectivity index (χ1) is 7.65. The minimum atomic E-state index is -0.569. The fourth-order valence-corrected chi connectivity index (χ4v) is 1.65. The van der Waals surface area contributed by atoms with Crippen LogP contribution in [0.4, 0.5) is 0 Å². The molecule has 88 valence electrons. The van der Waals surface area contributed by atoms with Crippen molar-refractivity contribution in [3.05, 3.63) is 35.9 Å². The highest BCUT2D eigenvalue weighted by Gasteiger charge is 2.16. The van der Waals surface area contributed by atoms with Gasteiger partial charge < -0.3 is 11.1 Å². The molecule has 3 nitrogen and oxygen atoms in total. The van der Waals surface area contributed by atoms with Crippen molar-refractivity contribution in [2.45, 2.75) is 38.8 Å². The predicted octanol–water partition coefficient (Wildman–Crippen LogP) is 1.99. The third-order valence-corrected chi connectivity index (χ3v) is 2.55. The first kappa shape index (κ1) is 12.7. The summed E-state index contributed by atoms with van der Waals surface area (Å²) in [5.41, 5.74) is 6.72. The van der Waals surface area contributed by atoms with Gasteiger partial charge in [-0.15, -0.1) is 0 Å². The summed E-state index contributed by atoms with van der Waals surface area (Å²) in [6.45, 7) is 4.10. The molecule has 2 atom stereocenters. The van der Waals surface area contributed by atoms with Crippen molar-refractivity contribution in [3.63, 3.8) is 0 Å². The van der Waals surface area contributed by atoms with Gasteiger partial charge in [-0.05, 0) is 18.9 Å². The third-order valence-electron chi connectivity index (χ3n) is 2.55. The van der Waals surface area contributed by atoms with Gasteiger partial charge in [0.1, 0.15) is 6.04 Å². The highest BCUT2D eigenvalue weighted by Crippen LogP contribution is 2.09. The van der Waals surface area contributed by atoms with Crippen molar-refractivity contribution in [2.24, 2.45) is 5.73 Å². The lowest BCUT2D eigenvalue weighted by Gasteiger charge is -2.17. The minimum Gasteiger partial charge on any atom is -0.352 e. The fourth-order valence-electron chi connectivity index (χ4n) is 1.65. The Kier molecular flexibility index (Phi) is 4.99. The molecule has 3 N–H and O–H groups in total. The molecule has 16 heavy (non-hydrogen) atoms. The zero-order valence-electron chi connectivity index (χ0n) is 9.94. The lowest BCUT2D eigenvalue weighted by atomic mass is 10.1. The summed E-state index contributed by atoms with van der Waals surface area (Å²) < 4.78 is 0. The number of hydrogen-bond donors (Lipinski definition) is 2. The van der Waals surface area contributed by atoms with Gasteiger partial charge in [-0.25, -0.2) is 0 Å². The molecular formula is C13H20N2O. The number of nitrogens with one attached hydrogen (secondary N) is 1. The Morgan fingerprint density at radius 1 is 1.38 bits per heavy atom. The zero-order chi connectivity index (χ0) is 12.0. The van der Waals surface area contributed by atoms with Crippen LogP contribution >= 0.6 is 0 Å². The van der Waals surface area contributed by atoms with E-state index in [-0.39, 0.29) is 11.9 Å². The molecule has 0 aliphatic carbocycles. The summed E-state index contributed by atoms with van der Waals surface area (Å²) in [5, 5.41) is 2.92. The fraction of sp³-hybridized carbons (Fsp3) is 0.462. The van der Waals surface area contributed by atoms with Gasteiger partial charge in [-0.3, -0.25) is 4.79 Å². The number of nitrogens with two attached hydrogens (primary N) is 1. The van der Waals surface area contributed by atoms with E-state index in [4.69, 9.17) is 5.73 Å². The van der Waals surface area contributed by atoms with Crippen molar-refractivity contribution in [1.29, 1.82) is 0 Å². The average Bonchev–Trinajstić information content (AvgIpc) is 2.29. The monoisotopic (exact) mass is 220 g/mol. The molecule has 2 unspecified atom stereocenters. The zero-order valence-corrected chi connectivity index (χ0v) is 9.94. The quantitative estimate of drug-likeness (QED) is 0.797. The van der Waals surface area contributed by atoms with Gasteiger partial charge >= 0.3 is 0 Å². The van der Waals surface area contributed by atoms with E-state index in [0.717, 1.165) is 18.4 Å². The van der Waals surface area contributed by atoms with E-state index in [0.29, 0.717) is 0 Å². The highest BCUT2D eigenvalue weighted by atomic mass is 16.2. The molecule has 0 saturated carbocycles. The van der Waals surface area contributed by atoms with Gasteiger partial charge in [0.25, 0.3) is 0 Å². The highest BCUT2D eigenvalue weighted by molar-refractivity contribution is 5.83. The summed E-state index contributed by atoms with van der Waals surface area (Å²) in [5.74, 6) is -0.104. The normalized spacial score (nSPS) is 14.2. The maximum absolute atomic E-state index is 11.8. The van der Waals surface area contributed by atoms with Crippen molar-refractivity contribution in [2.75, 3.05) is 0 Å². The van der Waals surface area contributed by atoms with Crippen LogP contribution in [0.15, 0.2) is 30.3 Å². The van der Waals surface area contributed by atoms with Crippen LogP contribution in [-0.2, 0) is 4.79 Å². The van der Waals surface area contributed by atoms with E-state index in [1.54, 1.807) is 0 Å². The Labute approximate surface area is 97.0 Å². The largest absolute Gasteiger partial charge is 0.352 e. The predicted molar refractivity (Wildman–Crippen MR) is 65.9 cm³/mol. The van der Waals surface area contributed by atoms with Crippen LogP contribution in [0.3, 0.4) is 0 Å². The standard InChI is InChI=1S/C13H20N2O/c1-3-7-10(2)15-13(16)12(14)11-8-5-4-6-9-11/h4-6,8-10,12H,3,7,14H2,1-2H3,(H,15,16). The topological polar surface area (TPSA) is 55.1 Å². The van der Waals surface area contributed by atoms with E-state index >= 15 is 0 Å². The molecule has 0 saturated heterocycles. The second-order valence-corrected chi connectivity index (χ2v) is 4.09. The van der Waals surface area contributed by atoms with Crippen molar-refractivity contribution in [3.8, 4) is 0 Å². The second-order valence-electron chi connectivity index (χ2n) is 4.09. The summed E-state index contributed by atoms with van der Waals surface area (Å²) in [6.07, 6.45) is 2.04. The number of rotatable bonds is 5. The van der Waals surface area contributed by atoms with Crippen LogP contribution in [0, 0.1) is 0 Å². The average molecular weight is 220 g/mol. The molecule has 0 heterocycles. The number of hydrogen-bond acceptors (Lipinski definition) is 2. The van der Waals surface area contributed by atoms with Gasteiger partial charge in [0.15, 0.2) is 0 Å². The molecule has 0 spiro atoms. The first-order valence-corrected chi connectivity index (χ1v) is 5.76. The van der Waals surface area contributed by atoms with Gasteiger partial charge in [-0.1, -0.05) is 43.7 Å². The van der Waals surface area contributed by atoms with Gasteiger partial charge in [-0.2, -0.15) is 0 Å². The molecule has 1 aromatic rings. The van der Waals surface area contributed by atoms with Gasteiger partial charge in [0.2, 0.25) is 5.91 Å². The second kappa shape index (κ2) is 6.28. The van der Waals surface area contributed by atoms with Crippen molar-refractivity contribution < 1.29 is 4.79 Å². The van der Waals surface area contributed by atoms with Crippen LogP contribution in [0.25, 0.3) is 0 Å². The van der Waals surface area contributed by atoms with Gasteiger partial charge in [0, 0.05) is 6.04 Å². The van der Waals surface area contributed by atoms with E-state index in [9.17, 15) is 4.79 Å².